The highest BCUT2D eigenvalue weighted by atomic mass is 16.7. The molecule has 5 rings (SSSR count). The number of nitrogens with zero attached hydrogens (tertiary/aromatic N) is 3. The van der Waals surface area contributed by atoms with Gasteiger partial charge in [-0.3, -0.25) is 9.74 Å². The second-order valence-corrected chi connectivity index (χ2v) is 8.52. The molecule has 3 fully saturated rings. The molecule has 0 aliphatic carbocycles. The molecule has 0 N–H and O–H groups in total. The van der Waals surface area contributed by atoms with Gasteiger partial charge in [0.05, 0.1) is 6.10 Å². The summed E-state index contributed by atoms with van der Waals surface area (Å²) in [6, 6.07) is 8.46. The molecule has 4 heterocycles. The third-order valence-electron chi connectivity index (χ3n) is 7.13. The van der Waals surface area contributed by atoms with Crippen LogP contribution < -0.4 is 4.90 Å². The highest BCUT2D eigenvalue weighted by Gasteiger charge is 2.47. The molecule has 4 heteroatoms. The average Bonchev–Trinajstić information content (AvgIpc) is 2.94. The van der Waals surface area contributed by atoms with Crippen molar-refractivity contribution in [2.24, 2.45) is 5.92 Å². The molecule has 0 amide bonds. The van der Waals surface area contributed by atoms with Crippen molar-refractivity contribution in [3.63, 3.8) is 0 Å². The third kappa shape index (κ3) is 2.70. The number of hydroxylamine groups is 2. The van der Waals surface area contributed by atoms with Gasteiger partial charge in [-0.1, -0.05) is 6.07 Å². The second kappa shape index (κ2) is 6.26. The molecule has 0 aromatic heterocycles. The van der Waals surface area contributed by atoms with Crippen molar-refractivity contribution < 1.29 is 4.84 Å². The smallest absolute Gasteiger partial charge is 0.0821 e. The van der Waals surface area contributed by atoms with E-state index in [4.69, 9.17) is 4.84 Å². The Hall–Kier alpha value is -1.10. The SMILES string of the molecule is C[C@@H]1ON(C)[C@H]2C[C@H]3c4cc(N5CCCCC5)ccc4CCN3C[C@@H]12. The summed E-state index contributed by atoms with van der Waals surface area (Å²) in [6.45, 7) is 7.10. The van der Waals surface area contributed by atoms with E-state index in [2.05, 4.69) is 47.0 Å². The number of hydrogen-bond donors (Lipinski definition) is 0. The highest BCUT2D eigenvalue weighted by Crippen LogP contribution is 2.44. The van der Waals surface area contributed by atoms with Crippen molar-refractivity contribution in [1.82, 2.24) is 9.96 Å². The number of hydrogen-bond acceptors (Lipinski definition) is 4. The lowest BCUT2D eigenvalue weighted by Crippen LogP contribution is -2.50. The standard InChI is InChI=1S/C21H31N3O/c1-15-19-14-24-11-8-16-6-7-17(23-9-4-3-5-10-23)12-18(16)21(24)13-20(19)22(2)25-15/h6-7,12,15,19-21H,3-5,8-11,13-14H2,1-2H3/t15-,19-,20-,21-/m0/s1. The molecule has 136 valence electrons. The number of benzene rings is 1. The van der Waals surface area contributed by atoms with Gasteiger partial charge in [0.15, 0.2) is 0 Å². The number of rotatable bonds is 1. The van der Waals surface area contributed by atoms with E-state index in [1.807, 2.05) is 0 Å². The summed E-state index contributed by atoms with van der Waals surface area (Å²) >= 11 is 0. The first-order chi connectivity index (χ1) is 12.2. The van der Waals surface area contributed by atoms with Crippen LogP contribution in [0.1, 0.15) is 49.8 Å². The molecule has 1 aromatic rings. The average molecular weight is 341 g/mol. The molecule has 4 nitrogen and oxygen atoms in total. The first-order valence-corrected chi connectivity index (χ1v) is 10.2. The van der Waals surface area contributed by atoms with E-state index in [9.17, 15) is 0 Å². The summed E-state index contributed by atoms with van der Waals surface area (Å²) in [6.07, 6.45) is 6.85. The van der Waals surface area contributed by atoms with Crippen molar-refractivity contribution in [2.45, 2.75) is 57.2 Å². The van der Waals surface area contributed by atoms with Crippen molar-refractivity contribution in [3.05, 3.63) is 29.3 Å². The molecule has 4 atom stereocenters. The Kier molecular flexibility index (Phi) is 4.03. The van der Waals surface area contributed by atoms with E-state index in [-0.39, 0.29) is 0 Å². The maximum Gasteiger partial charge on any atom is 0.0821 e. The largest absolute Gasteiger partial charge is 0.372 e. The first-order valence-electron chi connectivity index (χ1n) is 10.2. The van der Waals surface area contributed by atoms with Gasteiger partial charge in [0.1, 0.15) is 0 Å². The molecule has 0 bridgehead atoms. The normalized spacial score (nSPS) is 36.0. The predicted octanol–water partition coefficient (Wildman–Crippen LogP) is 3.23. The maximum atomic E-state index is 6.02. The lowest BCUT2D eigenvalue weighted by atomic mass is 9.79. The van der Waals surface area contributed by atoms with Crippen LogP contribution in [0.5, 0.6) is 0 Å². The first kappa shape index (κ1) is 16.1. The molecule has 0 spiro atoms. The zero-order valence-electron chi connectivity index (χ0n) is 15.7. The lowest BCUT2D eigenvalue weighted by Gasteiger charge is -2.46. The van der Waals surface area contributed by atoms with Crippen LogP contribution in [-0.4, -0.2) is 55.3 Å². The summed E-state index contributed by atoms with van der Waals surface area (Å²) < 4.78 is 0. The topological polar surface area (TPSA) is 19.0 Å². The van der Waals surface area contributed by atoms with E-state index < -0.39 is 0 Å². The van der Waals surface area contributed by atoms with Crippen LogP contribution >= 0.6 is 0 Å². The summed E-state index contributed by atoms with van der Waals surface area (Å²) in [4.78, 5) is 11.4. The maximum absolute atomic E-state index is 6.02. The zero-order valence-corrected chi connectivity index (χ0v) is 15.7. The summed E-state index contributed by atoms with van der Waals surface area (Å²) in [5.74, 6) is 0.660. The lowest BCUT2D eigenvalue weighted by molar-refractivity contribution is -0.140. The van der Waals surface area contributed by atoms with Crippen LogP contribution in [0, 0.1) is 5.92 Å². The number of piperidine rings is 2. The molecule has 4 aliphatic heterocycles. The van der Waals surface area contributed by atoms with E-state index in [1.54, 1.807) is 11.1 Å². The molecular formula is C21H31N3O. The van der Waals surface area contributed by atoms with Crippen molar-refractivity contribution in [1.29, 1.82) is 0 Å². The van der Waals surface area contributed by atoms with Crippen molar-refractivity contribution in [3.8, 4) is 0 Å². The minimum absolute atomic E-state index is 0.358. The van der Waals surface area contributed by atoms with E-state index in [0.717, 1.165) is 0 Å². The van der Waals surface area contributed by atoms with Gasteiger partial charge < -0.3 is 4.90 Å². The van der Waals surface area contributed by atoms with Crippen LogP contribution in [-0.2, 0) is 11.3 Å². The van der Waals surface area contributed by atoms with Gasteiger partial charge >= 0.3 is 0 Å². The van der Waals surface area contributed by atoms with Crippen LogP contribution in [0.2, 0.25) is 0 Å². The quantitative estimate of drug-likeness (QED) is 0.780. The molecular weight excluding hydrogens is 310 g/mol. The van der Waals surface area contributed by atoms with Crippen LogP contribution in [0.3, 0.4) is 0 Å². The fourth-order valence-electron chi connectivity index (χ4n) is 5.67. The van der Waals surface area contributed by atoms with Gasteiger partial charge in [0.25, 0.3) is 0 Å². The second-order valence-electron chi connectivity index (χ2n) is 8.52. The molecule has 4 aliphatic rings. The Morgan fingerprint density at radius 1 is 1.08 bits per heavy atom. The van der Waals surface area contributed by atoms with Crippen LogP contribution in [0.15, 0.2) is 18.2 Å². The Morgan fingerprint density at radius 2 is 1.92 bits per heavy atom. The van der Waals surface area contributed by atoms with Crippen LogP contribution in [0.4, 0.5) is 5.69 Å². The van der Waals surface area contributed by atoms with Gasteiger partial charge in [-0.25, -0.2) is 0 Å². The van der Waals surface area contributed by atoms with E-state index in [0.29, 0.717) is 24.1 Å². The van der Waals surface area contributed by atoms with Gasteiger partial charge in [0, 0.05) is 56.9 Å². The number of fused-ring (bicyclic) bond motifs is 4. The zero-order chi connectivity index (χ0) is 17.0. The predicted molar refractivity (Wildman–Crippen MR) is 101 cm³/mol. The third-order valence-corrected chi connectivity index (χ3v) is 7.13. The summed E-state index contributed by atoms with van der Waals surface area (Å²) in [7, 11) is 2.13. The Bertz CT molecular complexity index is 642. The molecule has 1 aromatic carbocycles. The minimum atomic E-state index is 0.358. The minimum Gasteiger partial charge on any atom is -0.372 e. The fourth-order valence-corrected chi connectivity index (χ4v) is 5.67. The number of anilines is 1. The molecule has 0 saturated carbocycles. The summed E-state index contributed by atoms with van der Waals surface area (Å²) in [5, 5.41) is 2.15. The Balaban J connectivity index is 1.44. The van der Waals surface area contributed by atoms with Gasteiger partial charge in [-0.05, 0) is 62.3 Å². The molecule has 3 saturated heterocycles. The van der Waals surface area contributed by atoms with Crippen molar-refractivity contribution >= 4 is 5.69 Å². The Morgan fingerprint density at radius 3 is 2.76 bits per heavy atom. The van der Waals surface area contributed by atoms with E-state index >= 15 is 0 Å². The van der Waals surface area contributed by atoms with Gasteiger partial charge in [-0.15, -0.1) is 0 Å². The fraction of sp³-hybridized carbons (Fsp3) is 0.714. The van der Waals surface area contributed by atoms with Gasteiger partial charge in [0.2, 0.25) is 0 Å². The molecule has 0 radical (unpaired) electrons. The molecule has 25 heavy (non-hydrogen) atoms. The van der Waals surface area contributed by atoms with Crippen molar-refractivity contribution in [2.75, 3.05) is 38.1 Å². The Labute approximate surface area is 151 Å². The van der Waals surface area contributed by atoms with Gasteiger partial charge in [-0.2, -0.15) is 5.06 Å². The molecule has 0 unspecified atom stereocenters. The monoisotopic (exact) mass is 341 g/mol. The highest BCUT2D eigenvalue weighted by molar-refractivity contribution is 5.53. The summed E-state index contributed by atoms with van der Waals surface area (Å²) in [5.41, 5.74) is 4.63. The van der Waals surface area contributed by atoms with Crippen LogP contribution in [0.25, 0.3) is 0 Å². The van der Waals surface area contributed by atoms with E-state index in [1.165, 1.54) is 64.0 Å².